The van der Waals surface area contributed by atoms with Crippen LogP contribution in [0.3, 0.4) is 0 Å². The zero-order valence-corrected chi connectivity index (χ0v) is 11.2. The van der Waals surface area contributed by atoms with Gasteiger partial charge in [-0.1, -0.05) is 25.7 Å². The standard InChI is InChI=1S/C14H26N2O2/c17-13(7-10-15-12-5-6-12)16-11-14(18)8-3-1-2-4-9-14/h12,15,18H,1-11H2,(H,16,17). The van der Waals surface area contributed by atoms with E-state index < -0.39 is 5.60 Å². The molecule has 2 aliphatic rings. The van der Waals surface area contributed by atoms with Gasteiger partial charge in [0, 0.05) is 25.6 Å². The van der Waals surface area contributed by atoms with Gasteiger partial charge in [0.1, 0.15) is 0 Å². The molecule has 4 nitrogen and oxygen atoms in total. The zero-order valence-electron chi connectivity index (χ0n) is 11.2. The third-order valence-corrected chi connectivity index (χ3v) is 4.01. The molecule has 0 bridgehead atoms. The zero-order chi connectivity index (χ0) is 12.8. The van der Waals surface area contributed by atoms with Crippen molar-refractivity contribution in [3.05, 3.63) is 0 Å². The maximum Gasteiger partial charge on any atom is 0.221 e. The van der Waals surface area contributed by atoms with E-state index in [4.69, 9.17) is 0 Å². The maximum absolute atomic E-state index is 11.7. The number of amides is 1. The molecule has 1 amide bonds. The number of hydrogen-bond acceptors (Lipinski definition) is 3. The Bertz CT molecular complexity index is 269. The first kappa shape index (κ1) is 13.8. The summed E-state index contributed by atoms with van der Waals surface area (Å²) in [5, 5.41) is 16.6. The van der Waals surface area contributed by atoms with E-state index in [0.717, 1.165) is 32.2 Å². The van der Waals surface area contributed by atoms with E-state index in [1.807, 2.05) is 0 Å². The SMILES string of the molecule is O=C(CCNC1CC1)NCC1(O)CCCCCC1. The fourth-order valence-electron chi connectivity index (χ4n) is 2.59. The molecule has 2 rings (SSSR count). The predicted molar refractivity (Wildman–Crippen MR) is 71.3 cm³/mol. The number of carbonyl (C=O) groups excluding carboxylic acids is 1. The minimum atomic E-state index is -0.657. The molecule has 2 saturated carbocycles. The van der Waals surface area contributed by atoms with Crippen molar-refractivity contribution in [2.24, 2.45) is 0 Å². The molecule has 0 heterocycles. The second-order valence-corrected chi connectivity index (χ2v) is 5.89. The summed E-state index contributed by atoms with van der Waals surface area (Å²) in [5.74, 6) is 0.0563. The first-order valence-electron chi connectivity index (χ1n) is 7.40. The average molecular weight is 254 g/mol. The maximum atomic E-state index is 11.7. The monoisotopic (exact) mass is 254 g/mol. The van der Waals surface area contributed by atoms with Gasteiger partial charge in [-0.25, -0.2) is 0 Å². The Kier molecular flexibility index (Phi) is 5.01. The van der Waals surface area contributed by atoms with Gasteiger partial charge in [-0.15, -0.1) is 0 Å². The van der Waals surface area contributed by atoms with Crippen molar-refractivity contribution in [3.8, 4) is 0 Å². The Morgan fingerprint density at radius 1 is 1.17 bits per heavy atom. The average Bonchev–Trinajstić information content (AvgIpc) is 3.16. The van der Waals surface area contributed by atoms with E-state index in [2.05, 4.69) is 10.6 Å². The summed E-state index contributed by atoms with van der Waals surface area (Å²) in [7, 11) is 0. The van der Waals surface area contributed by atoms with Gasteiger partial charge in [0.15, 0.2) is 0 Å². The van der Waals surface area contributed by atoms with E-state index >= 15 is 0 Å². The molecule has 0 spiro atoms. The van der Waals surface area contributed by atoms with E-state index in [-0.39, 0.29) is 5.91 Å². The van der Waals surface area contributed by atoms with Crippen LogP contribution in [0.5, 0.6) is 0 Å². The van der Waals surface area contributed by atoms with Crippen molar-refractivity contribution in [2.75, 3.05) is 13.1 Å². The van der Waals surface area contributed by atoms with Crippen LogP contribution in [0, 0.1) is 0 Å². The number of aliphatic hydroxyl groups is 1. The smallest absolute Gasteiger partial charge is 0.221 e. The lowest BCUT2D eigenvalue weighted by molar-refractivity contribution is -0.122. The molecular formula is C14H26N2O2. The number of rotatable bonds is 6. The van der Waals surface area contributed by atoms with Crippen LogP contribution in [0.15, 0.2) is 0 Å². The molecule has 4 heteroatoms. The van der Waals surface area contributed by atoms with Crippen LogP contribution in [0.1, 0.15) is 57.8 Å². The summed E-state index contributed by atoms with van der Waals surface area (Å²) in [4.78, 5) is 11.7. The van der Waals surface area contributed by atoms with Gasteiger partial charge >= 0.3 is 0 Å². The van der Waals surface area contributed by atoms with Crippen molar-refractivity contribution < 1.29 is 9.90 Å². The topological polar surface area (TPSA) is 61.4 Å². The van der Waals surface area contributed by atoms with E-state index in [0.29, 0.717) is 19.0 Å². The van der Waals surface area contributed by atoms with Crippen LogP contribution in [0.2, 0.25) is 0 Å². The Morgan fingerprint density at radius 2 is 1.83 bits per heavy atom. The van der Waals surface area contributed by atoms with E-state index in [1.165, 1.54) is 25.7 Å². The van der Waals surface area contributed by atoms with E-state index in [1.54, 1.807) is 0 Å². The Balaban J connectivity index is 1.60. The normalized spacial score (nSPS) is 23.4. The minimum Gasteiger partial charge on any atom is -0.388 e. The number of hydrogen-bond donors (Lipinski definition) is 3. The molecule has 18 heavy (non-hydrogen) atoms. The molecule has 104 valence electrons. The van der Waals surface area contributed by atoms with Crippen molar-refractivity contribution in [3.63, 3.8) is 0 Å². The number of nitrogens with one attached hydrogen (secondary N) is 2. The molecule has 2 fully saturated rings. The van der Waals surface area contributed by atoms with E-state index in [9.17, 15) is 9.90 Å². The Labute approximate surface area is 110 Å². The van der Waals surface area contributed by atoms with Gasteiger partial charge in [-0.05, 0) is 25.7 Å². The second-order valence-electron chi connectivity index (χ2n) is 5.89. The Morgan fingerprint density at radius 3 is 2.44 bits per heavy atom. The molecule has 0 aliphatic heterocycles. The largest absolute Gasteiger partial charge is 0.388 e. The van der Waals surface area contributed by atoms with Crippen molar-refractivity contribution in [1.82, 2.24) is 10.6 Å². The third kappa shape index (κ3) is 4.94. The summed E-state index contributed by atoms with van der Waals surface area (Å²) in [6.45, 7) is 1.18. The van der Waals surface area contributed by atoms with Crippen molar-refractivity contribution in [2.45, 2.75) is 69.4 Å². The lowest BCUT2D eigenvalue weighted by Gasteiger charge is -2.26. The van der Waals surface area contributed by atoms with Crippen molar-refractivity contribution >= 4 is 5.91 Å². The van der Waals surface area contributed by atoms with Gasteiger partial charge in [0.05, 0.1) is 5.60 Å². The first-order valence-corrected chi connectivity index (χ1v) is 7.40. The molecule has 0 atom stereocenters. The van der Waals surface area contributed by atoms with Crippen LogP contribution in [-0.4, -0.2) is 35.7 Å². The first-order chi connectivity index (χ1) is 8.68. The summed E-state index contributed by atoms with van der Waals surface area (Å²) in [5.41, 5.74) is -0.657. The molecule has 0 unspecified atom stereocenters. The van der Waals surface area contributed by atoms with Gasteiger partial charge in [-0.3, -0.25) is 4.79 Å². The molecule has 0 aromatic carbocycles. The van der Waals surface area contributed by atoms with Crippen LogP contribution in [0.4, 0.5) is 0 Å². The Hall–Kier alpha value is -0.610. The lowest BCUT2D eigenvalue weighted by atomic mass is 9.94. The van der Waals surface area contributed by atoms with Crippen LogP contribution >= 0.6 is 0 Å². The highest BCUT2D eigenvalue weighted by atomic mass is 16.3. The van der Waals surface area contributed by atoms with Crippen LogP contribution in [0.25, 0.3) is 0 Å². The van der Waals surface area contributed by atoms with Gasteiger partial charge < -0.3 is 15.7 Å². The minimum absolute atomic E-state index is 0.0563. The fourth-order valence-corrected chi connectivity index (χ4v) is 2.59. The molecule has 2 aliphatic carbocycles. The summed E-state index contributed by atoms with van der Waals surface area (Å²) >= 11 is 0. The molecule has 0 aromatic heterocycles. The molecular weight excluding hydrogens is 228 g/mol. The van der Waals surface area contributed by atoms with Crippen molar-refractivity contribution in [1.29, 1.82) is 0 Å². The number of carbonyl (C=O) groups is 1. The lowest BCUT2D eigenvalue weighted by Crippen LogP contribution is -2.43. The van der Waals surface area contributed by atoms with Gasteiger partial charge in [0.25, 0.3) is 0 Å². The fraction of sp³-hybridized carbons (Fsp3) is 0.929. The summed E-state index contributed by atoms with van der Waals surface area (Å²) in [6.07, 6.45) is 9.25. The molecule has 3 N–H and O–H groups in total. The highest BCUT2D eigenvalue weighted by molar-refractivity contribution is 5.76. The quantitative estimate of drug-likeness (QED) is 0.627. The molecule has 0 aromatic rings. The van der Waals surface area contributed by atoms with Gasteiger partial charge in [-0.2, -0.15) is 0 Å². The highest BCUT2D eigenvalue weighted by Crippen LogP contribution is 2.26. The third-order valence-electron chi connectivity index (χ3n) is 4.01. The predicted octanol–water partition coefficient (Wildman–Crippen LogP) is 1.33. The molecule has 0 saturated heterocycles. The van der Waals surface area contributed by atoms with Crippen LogP contribution in [-0.2, 0) is 4.79 Å². The molecule has 0 radical (unpaired) electrons. The van der Waals surface area contributed by atoms with Crippen LogP contribution < -0.4 is 10.6 Å². The summed E-state index contributed by atoms with van der Waals surface area (Å²) < 4.78 is 0. The summed E-state index contributed by atoms with van der Waals surface area (Å²) in [6, 6.07) is 0.656. The highest BCUT2D eigenvalue weighted by Gasteiger charge is 2.28. The second kappa shape index (κ2) is 6.53. The van der Waals surface area contributed by atoms with Gasteiger partial charge in [0.2, 0.25) is 5.91 Å².